The van der Waals surface area contributed by atoms with Crippen molar-refractivity contribution in [2.75, 3.05) is 18.5 Å². The minimum atomic E-state index is -0.371. The van der Waals surface area contributed by atoms with Gasteiger partial charge < -0.3 is 19.2 Å². The predicted octanol–water partition coefficient (Wildman–Crippen LogP) is 4.30. The minimum Gasteiger partial charge on any atom is -0.463 e. The van der Waals surface area contributed by atoms with Crippen LogP contribution in [0.2, 0.25) is 0 Å². The molecule has 0 atom stereocenters. The molecule has 1 N–H and O–H groups in total. The summed E-state index contributed by atoms with van der Waals surface area (Å²) >= 11 is 1.65. The Balaban J connectivity index is 1.70. The summed E-state index contributed by atoms with van der Waals surface area (Å²) in [6.07, 6.45) is 1.31. The second kappa shape index (κ2) is 6.56. The molecule has 112 valence electrons. The third-order valence-electron chi connectivity index (χ3n) is 3.03. The monoisotopic (exact) mass is 305 g/mol. The number of hydrogen-bond acceptors (Lipinski definition) is 5. The van der Waals surface area contributed by atoms with E-state index < -0.39 is 0 Å². The first-order valence-electron chi connectivity index (χ1n) is 7.07. The fourth-order valence-electron chi connectivity index (χ4n) is 2.15. The van der Waals surface area contributed by atoms with Crippen molar-refractivity contribution < 1.29 is 13.9 Å². The van der Waals surface area contributed by atoms with Gasteiger partial charge in [-0.1, -0.05) is 11.8 Å². The molecule has 2 heterocycles. The van der Waals surface area contributed by atoms with Gasteiger partial charge in [-0.05, 0) is 44.2 Å². The number of benzene rings is 1. The molecular formula is C16H19NO3S. The van der Waals surface area contributed by atoms with Crippen molar-refractivity contribution in [1.29, 1.82) is 0 Å². The molecule has 1 saturated heterocycles. The smallest absolute Gasteiger partial charge is 0.218 e. The van der Waals surface area contributed by atoms with Crippen LogP contribution in [0.3, 0.4) is 0 Å². The van der Waals surface area contributed by atoms with Gasteiger partial charge in [-0.15, -0.1) is 0 Å². The van der Waals surface area contributed by atoms with Crippen LogP contribution < -0.4 is 5.32 Å². The number of ether oxygens (including phenoxy) is 2. The normalized spacial score (nSPS) is 15.8. The van der Waals surface area contributed by atoms with Crippen LogP contribution >= 0.6 is 11.8 Å². The molecule has 0 saturated carbocycles. The van der Waals surface area contributed by atoms with Crippen LogP contribution in [0, 0.1) is 0 Å². The highest BCUT2D eigenvalue weighted by Crippen LogP contribution is 2.37. The molecule has 1 aromatic carbocycles. The number of rotatable bonds is 5. The predicted molar refractivity (Wildman–Crippen MR) is 82.7 cm³/mol. The number of furan rings is 1. The molecule has 0 unspecified atom stereocenters. The van der Waals surface area contributed by atoms with E-state index in [9.17, 15) is 0 Å². The van der Waals surface area contributed by atoms with E-state index >= 15 is 0 Å². The Kier molecular flexibility index (Phi) is 4.53. The van der Waals surface area contributed by atoms with Gasteiger partial charge >= 0.3 is 0 Å². The number of nitrogens with one attached hydrogen (secondary N) is 1. The van der Waals surface area contributed by atoms with E-state index in [1.54, 1.807) is 18.0 Å². The number of anilines is 1. The average Bonchev–Trinajstić information content (AvgIpc) is 3.11. The Morgan fingerprint density at radius 2 is 1.81 bits per heavy atom. The van der Waals surface area contributed by atoms with Gasteiger partial charge in [0.25, 0.3) is 0 Å². The molecule has 1 aromatic heterocycles. The Hall–Kier alpha value is -1.43. The summed E-state index contributed by atoms with van der Waals surface area (Å²) in [4.78, 5) is 2.19. The van der Waals surface area contributed by atoms with Crippen LogP contribution in [0.25, 0.3) is 0 Å². The summed E-state index contributed by atoms with van der Waals surface area (Å²) in [5, 5.41) is 3.38. The molecule has 0 bridgehead atoms. The van der Waals surface area contributed by atoms with E-state index in [1.807, 2.05) is 6.07 Å². The maximum Gasteiger partial charge on any atom is 0.218 e. The van der Waals surface area contributed by atoms with Gasteiger partial charge in [0.15, 0.2) is 5.76 Å². The van der Waals surface area contributed by atoms with E-state index in [-0.39, 0.29) is 6.29 Å². The molecule has 3 rings (SSSR count). The van der Waals surface area contributed by atoms with Crippen LogP contribution in [-0.4, -0.2) is 19.3 Å². The van der Waals surface area contributed by atoms with Gasteiger partial charge in [0.2, 0.25) is 6.29 Å². The zero-order valence-corrected chi connectivity index (χ0v) is 13.0. The summed E-state index contributed by atoms with van der Waals surface area (Å²) < 4.78 is 16.5. The molecule has 1 aliphatic heterocycles. The van der Waals surface area contributed by atoms with Crippen molar-refractivity contribution >= 4 is 17.4 Å². The Morgan fingerprint density at radius 1 is 1.10 bits per heavy atom. The number of hydrogen-bond donors (Lipinski definition) is 1. The van der Waals surface area contributed by atoms with E-state index in [0.717, 1.165) is 21.2 Å². The average molecular weight is 305 g/mol. The van der Waals surface area contributed by atoms with Crippen LogP contribution in [0.4, 0.5) is 5.69 Å². The lowest BCUT2D eigenvalue weighted by molar-refractivity contribution is -0.0611. The fourth-order valence-corrected chi connectivity index (χ4v) is 3.05. The summed E-state index contributed by atoms with van der Waals surface area (Å²) in [6, 6.07) is 10.8. The standard InChI is InChI=1S/C16H19NO3S/c1-11(2)17-12-3-5-13(6-4-12)21-14-7-8-18-15(14)16-19-9-10-20-16/h3-8,11,16-17H,9-10H2,1-2H3. The minimum absolute atomic E-state index is 0.371. The van der Waals surface area contributed by atoms with Crippen molar-refractivity contribution in [3.8, 4) is 0 Å². The highest BCUT2D eigenvalue weighted by Gasteiger charge is 2.24. The van der Waals surface area contributed by atoms with Gasteiger partial charge in [0.05, 0.1) is 24.4 Å². The van der Waals surface area contributed by atoms with Crippen molar-refractivity contribution in [1.82, 2.24) is 0 Å². The van der Waals surface area contributed by atoms with Gasteiger partial charge in [-0.2, -0.15) is 0 Å². The maximum absolute atomic E-state index is 5.51. The molecule has 0 radical (unpaired) electrons. The molecule has 1 aliphatic rings. The first kappa shape index (κ1) is 14.5. The zero-order chi connectivity index (χ0) is 14.7. The molecule has 0 spiro atoms. The lowest BCUT2D eigenvalue weighted by atomic mass is 10.3. The second-order valence-corrected chi connectivity index (χ2v) is 6.26. The quantitative estimate of drug-likeness (QED) is 0.892. The van der Waals surface area contributed by atoms with Crippen molar-refractivity contribution in [3.63, 3.8) is 0 Å². The summed E-state index contributed by atoms with van der Waals surface area (Å²) in [7, 11) is 0. The molecule has 0 aliphatic carbocycles. The first-order chi connectivity index (χ1) is 10.2. The van der Waals surface area contributed by atoms with Crippen molar-refractivity contribution in [2.45, 2.75) is 36.0 Å². The molecule has 5 heteroatoms. The van der Waals surface area contributed by atoms with E-state index in [0.29, 0.717) is 19.3 Å². The molecular weight excluding hydrogens is 286 g/mol. The Labute approximate surface area is 128 Å². The fraction of sp³-hybridized carbons (Fsp3) is 0.375. The van der Waals surface area contributed by atoms with Crippen LogP contribution in [0.1, 0.15) is 25.9 Å². The molecule has 4 nitrogen and oxygen atoms in total. The highest BCUT2D eigenvalue weighted by atomic mass is 32.2. The third-order valence-corrected chi connectivity index (χ3v) is 4.10. The lowest BCUT2D eigenvalue weighted by Crippen LogP contribution is -2.09. The van der Waals surface area contributed by atoms with Gasteiger partial charge in [0, 0.05) is 16.6 Å². The topological polar surface area (TPSA) is 43.6 Å². The van der Waals surface area contributed by atoms with Crippen LogP contribution in [0.5, 0.6) is 0 Å². The van der Waals surface area contributed by atoms with E-state index in [1.165, 1.54) is 0 Å². The van der Waals surface area contributed by atoms with Crippen molar-refractivity contribution in [2.24, 2.45) is 0 Å². The Bertz CT molecular complexity index is 573. The Morgan fingerprint density at radius 3 is 2.48 bits per heavy atom. The van der Waals surface area contributed by atoms with Gasteiger partial charge in [-0.25, -0.2) is 0 Å². The van der Waals surface area contributed by atoms with Gasteiger partial charge in [-0.3, -0.25) is 0 Å². The lowest BCUT2D eigenvalue weighted by Gasteiger charge is -2.11. The summed E-state index contributed by atoms with van der Waals surface area (Å²) in [5.41, 5.74) is 1.13. The molecule has 2 aromatic rings. The molecule has 1 fully saturated rings. The van der Waals surface area contributed by atoms with E-state index in [4.69, 9.17) is 13.9 Å². The maximum atomic E-state index is 5.51. The molecule has 0 amide bonds. The second-order valence-electron chi connectivity index (χ2n) is 5.15. The van der Waals surface area contributed by atoms with E-state index in [2.05, 4.69) is 43.4 Å². The largest absolute Gasteiger partial charge is 0.463 e. The third kappa shape index (κ3) is 3.61. The summed E-state index contributed by atoms with van der Waals surface area (Å²) in [5.74, 6) is 0.752. The highest BCUT2D eigenvalue weighted by molar-refractivity contribution is 7.99. The SMILES string of the molecule is CC(C)Nc1ccc(Sc2ccoc2C2OCCO2)cc1. The molecule has 21 heavy (non-hydrogen) atoms. The zero-order valence-electron chi connectivity index (χ0n) is 12.2. The van der Waals surface area contributed by atoms with Crippen molar-refractivity contribution in [3.05, 3.63) is 42.4 Å². The van der Waals surface area contributed by atoms with Crippen LogP contribution in [0.15, 0.2) is 50.8 Å². The van der Waals surface area contributed by atoms with Crippen LogP contribution in [-0.2, 0) is 9.47 Å². The van der Waals surface area contributed by atoms with Gasteiger partial charge in [0.1, 0.15) is 0 Å². The first-order valence-corrected chi connectivity index (χ1v) is 7.89. The summed E-state index contributed by atoms with van der Waals surface area (Å²) in [6.45, 7) is 5.49.